The van der Waals surface area contributed by atoms with Gasteiger partial charge in [0.1, 0.15) is 6.61 Å². The first kappa shape index (κ1) is 21.8. The number of hydrogen-bond acceptors (Lipinski definition) is 5. The number of carbonyl (C=O) groups excluding carboxylic acids is 2. The van der Waals surface area contributed by atoms with Crippen LogP contribution in [0.1, 0.15) is 45.6 Å². The Morgan fingerprint density at radius 1 is 1.29 bits per heavy atom. The molecule has 1 aromatic carbocycles. The van der Waals surface area contributed by atoms with E-state index in [0.29, 0.717) is 49.4 Å². The SMILES string of the molecule is CC(=O)N(C1=CC[C@H]2[C@H](C)C3(CC[C@]2(C)C1=O)OCCO3)c1cccc(C#CCO)c1. The van der Waals surface area contributed by atoms with Gasteiger partial charge in [0.05, 0.1) is 24.6 Å². The van der Waals surface area contributed by atoms with E-state index in [1.807, 2.05) is 19.1 Å². The largest absolute Gasteiger partial charge is 0.384 e. The van der Waals surface area contributed by atoms with Crippen LogP contribution in [0.5, 0.6) is 0 Å². The number of rotatable bonds is 2. The number of fused-ring (bicyclic) bond motifs is 1. The molecule has 0 radical (unpaired) electrons. The first-order valence-corrected chi connectivity index (χ1v) is 10.9. The third-order valence-electron chi connectivity index (χ3n) is 7.17. The monoisotopic (exact) mass is 423 g/mol. The Morgan fingerprint density at radius 2 is 2.03 bits per heavy atom. The van der Waals surface area contributed by atoms with E-state index in [1.165, 1.54) is 11.8 Å². The Balaban J connectivity index is 1.69. The van der Waals surface area contributed by atoms with Crippen molar-refractivity contribution in [2.45, 2.75) is 45.8 Å². The first-order chi connectivity index (χ1) is 14.8. The number of anilines is 1. The highest BCUT2D eigenvalue weighted by molar-refractivity contribution is 6.11. The molecule has 0 unspecified atom stereocenters. The summed E-state index contributed by atoms with van der Waals surface area (Å²) in [6.07, 6.45) is 3.91. The Labute approximate surface area is 183 Å². The quantitative estimate of drug-likeness (QED) is 0.740. The topological polar surface area (TPSA) is 76.1 Å². The van der Waals surface area contributed by atoms with Crippen molar-refractivity contribution >= 4 is 17.4 Å². The summed E-state index contributed by atoms with van der Waals surface area (Å²) in [6, 6.07) is 7.17. The fourth-order valence-electron chi connectivity index (χ4n) is 5.50. The molecule has 6 nitrogen and oxygen atoms in total. The number of hydrogen-bond donors (Lipinski definition) is 1. The van der Waals surface area contributed by atoms with Crippen molar-refractivity contribution in [1.29, 1.82) is 0 Å². The summed E-state index contributed by atoms with van der Waals surface area (Å²) < 4.78 is 12.0. The van der Waals surface area contributed by atoms with Gasteiger partial charge in [-0.2, -0.15) is 0 Å². The van der Waals surface area contributed by atoms with Crippen LogP contribution in [-0.2, 0) is 19.1 Å². The van der Waals surface area contributed by atoms with E-state index in [-0.39, 0.29) is 30.1 Å². The Bertz CT molecular complexity index is 981. The zero-order valence-corrected chi connectivity index (χ0v) is 18.3. The van der Waals surface area contributed by atoms with E-state index in [2.05, 4.69) is 18.8 Å². The van der Waals surface area contributed by atoms with Crippen LogP contribution < -0.4 is 4.90 Å². The van der Waals surface area contributed by atoms with Gasteiger partial charge in [0.2, 0.25) is 5.91 Å². The van der Waals surface area contributed by atoms with Gasteiger partial charge >= 0.3 is 0 Å². The van der Waals surface area contributed by atoms with Crippen LogP contribution in [-0.4, -0.2) is 42.4 Å². The summed E-state index contributed by atoms with van der Waals surface area (Å²) >= 11 is 0. The molecule has 1 saturated heterocycles. The molecular formula is C25H29NO5. The van der Waals surface area contributed by atoms with E-state index in [4.69, 9.17) is 14.6 Å². The maximum Gasteiger partial charge on any atom is 0.228 e. The van der Waals surface area contributed by atoms with Gasteiger partial charge in [0, 0.05) is 30.2 Å². The molecule has 2 aliphatic carbocycles. The Kier molecular flexibility index (Phi) is 5.78. The average molecular weight is 424 g/mol. The van der Waals surface area contributed by atoms with Crippen LogP contribution in [0.25, 0.3) is 0 Å². The first-order valence-electron chi connectivity index (χ1n) is 10.9. The van der Waals surface area contributed by atoms with Crippen molar-refractivity contribution in [2.24, 2.45) is 17.3 Å². The van der Waals surface area contributed by atoms with Crippen molar-refractivity contribution in [3.63, 3.8) is 0 Å². The zero-order valence-electron chi connectivity index (χ0n) is 18.3. The highest BCUT2D eigenvalue weighted by Gasteiger charge is 2.59. The lowest BCUT2D eigenvalue weighted by Gasteiger charge is -2.53. The van der Waals surface area contributed by atoms with Gasteiger partial charge in [-0.1, -0.05) is 37.8 Å². The summed E-state index contributed by atoms with van der Waals surface area (Å²) in [5.74, 6) is 4.83. The Hall–Kier alpha value is -2.46. The van der Waals surface area contributed by atoms with Crippen molar-refractivity contribution in [2.75, 3.05) is 24.7 Å². The number of nitrogens with zero attached hydrogens (tertiary/aromatic N) is 1. The van der Waals surface area contributed by atoms with Gasteiger partial charge in [-0.25, -0.2) is 0 Å². The molecular weight excluding hydrogens is 394 g/mol. The maximum atomic E-state index is 13.8. The van der Waals surface area contributed by atoms with E-state index in [0.717, 1.165) is 0 Å². The summed E-state index contributed by atoms with van der Waals surface area (Å²) in [6.45, 7) is 6.55. The van der Waals surface area contributed by atoms with Crippen LogP contribution >= 0.6 is 0 Å². The lowest BCUT2D eigenvalue weighted by molar-refractivity contribution is -0.239. The summed E-state index contributed by atoms with van der Waals surface area (Å²) in [5.41, 5.74) is 1.12. The third kappa shape index (κ3) is 3.61. The van der Waals surface area contributed by atoms with Crippen molar-refractivity contribution in [3.8, 4) is 11.8 Å². The molecule has 2 fully saturated rings. The van der Waals surface area contributed by atoms with Gasteiger partial charge in [-0.15, -0.1) is 0 Å². The summed E-state index contributed by atoms with van der Waals surface area (Å²) in [5, 5.41) is 8.96. The molecule has 31 heavy (non-hydrogen) atoms. The molecule has 1 spiro atoms. The number of ketones is 1. The lowest BCUT2D eigenvalue weighted by Crippen LogP contribution is -2.57. The summed E-state index contributed by atoms with van der Waals surface area (Å²) in [4.78, 5) is 28.0. The van der Waals surface area contributed by atoms with Crippen molar-refractivity contribution in [3.05, 3.63) is 41.6 Å². The van der Waals surface area contributed by atoms with Gasteiger partial charge in [0.15, 0.2) is 11.6 Å². The van der Waals surface area contributed by atoms with Gasteiger partial charge in [-0.05, 0) is 37.0 Å². The van der Waals surface area contributed by atoms with E-state index >= 15 is 0 Å². The third-order valence-corrected chi connectivity index (χ3v) is 7.17. The van der Waals surface area contributed by atoms with E-state index in [1.54, 1.807) is 18.2 Å². The number of allylic oxidation sites excluding steroid dienone is 2. The molecule has 1 amide bonds. The predicted octanol–water partition coefficient (Wildman–Crippen LogP) is 3.04. The number of amides is 1. The molecule has 4 rings (SSSR count). The molecule has 1 heterocycles. The Morgan fingerprint density at radius 3 is 2.71 bits per heavy atom. The van der Waals surface area contributed by atoms with Crippen LogP contribution in [0.15, 0.2) is 36.0 Å². The summed E-state index contributed by atoms with van der Waals surface area (Å²) in [7, 11) is 0. The molecule has 3 atom stereocenters. The average Bonchev–Trinajstić information content (AvgIpc) is 3.23. The van der Waals surface area contributed by atoms with Crippen molar-refractivity contribution in [1.82, 2.24) is 0 Å². The van der Waals surface area contributed by atoms with Crippen LogP contribution in [0.3, 0.4) is 0 Å². The smallest absolute Gasteiger partial charge is 0.228 e. The number of aliphatic hydroxyl groups excluding tert-OH is 1. The normalized spacial score (nSPS) is 29.0. The number of carbonyl (C=O) groups is 2. The standard InChI is InChI=1S/C25H29NO5/c1-17-21-9-10-22(23(29)24(21,3)11-12-25(17)30-14-15-31-25)26(18(2)28)20-8-4-6-19(16-20)7-5-13-27/h4,6,8,10,16-17,21,27H,9,11-15H2,1-3H3/t17-,21-,24-/m0/s1. The number of aliphatic hydroxyl groups is 1. The highest BCUT2D eigenvalue weighted by atomic mass is 16.7. The molecule has 1 aromatic rings. The fourth-order valence-corrected chi connectivity index (χ4v) is 5.50. The molecule has 6 heteroatoms. The predicted molar refractivity (Wildman–Crippen MR) is 116 cm³/mol. The highest BCUT2D eigenvalue weighted by Crippen LogP contribution is 2.56. The zero-order chi connectivity index (χ0) is 22.2. The molecule has 1 saturated carbocycles. The van der Waals surface area contributed by atoms with Crippen LogP contribution in [0.4, 0.5) is 5.69 Å². The second-order valence-electron chi connectivity index (χ2n) is 8.84. The van der Waals surface area contributed by atoms with Crippen LogP contribution in [0, 0.1) is 29.1 Å². The number of ether oxygens (including phenoxy) is 2. The minimum Gasteiger partial charge on any atom is -0.384 e. The van der Waals surface area contributed by atoms with Gasteiger partial charge in [-0.3, -0.25) is 14.5 Å². The molecule has 3 aliphatic rings. The van der Waals surface area contributed by atoms with Crippen molar-refractivity contribution < 1.29 is 24.2 Å². The second kappa shape index (κ2) is 8.23. The minimum atomic E-state index is -0.588. The molecule has 1 N–H and O–H groups in total. The molecule has 164 valence electrons. The molecule has 0 aromatic heterocycles. The number of Topliss-reactive ketones (excluding diaryl/α,β-unsaturated/α-hetero) is 1. The van der Waals surface area contributed by atoms with Gasteiger partial charge in [0.25, 0.3) is 0 Å². The van der Waals surface area contributed by atoms with Crippen LogP contribution in [0.2, 0.25) is 0 Å². The number of benzene rings is 1. The maximum absolute atomic E-state index is 13.8. The second-order valence-corrected chi connectivity index (χ2v) is 8.84. The molecule has 0 bridgehead atoms. The van der Waals surface area contributed by atoms with E-state index in [9.17, 15) is 9.59 Å². The fraction of sp³-hybridized carbons (Fsp3) is 0.520. The van der Waals surface area contributed by atoms with E-state index < -0.39 is 11.2 Å². The lowest BCUT2D eigenvalue weighted by atomic mass is 9.55. The minimum absolute atomic E-state index is 0.00880. The van der Waals surface area contributed by atoms with Gasteiger partial charge < -0.3 is 14.6 Å². The molecule has 1 aliphatic heterocycles.